The summed E-state index contributed by atoms with van der Waals surface area (Å²) in [5.74, 6) is 1.14. The van der Waals surface area contributed by atoms with Crippen molar-refractivity contribution in [2.45, 2.75) is 96.1 Å². The maximum atomic E-state index is 9.42. The van der Waals surface area contributed by atoms with Gasteiger partial charge in [-0.2, -0.15) is 0 Å². The van der Waals surface area contributed by atoms with Gasteiger partial charge in [0, 0.05) is 0 Å². The monoisotopic (exact) mass is 318 g/mol. The van der Waals surface area contributed by atoms with Crippen LogP contribution in [0, 0.1) is 0 Å². The van der Waals surface area contributed by atoms with E-state index in [0.717, 1.165) is 18.6 Å². The van der Waals surface area contributed by atoms with Crippen molar-refractivity contribution in [1.82, 2.24) is 0 Å². The maximum Gasteiger partial charge on any atom is 0.169 e. The summed E-state index contributed by atoms with van der Waals surface area (Å²) in [6.45, 7) is 4.42. The Bertz CT molecular complexity index is 219. The number of thioether (sulfide) groups is 1. The van der Waals surface area contributed by atoms with E-state index in [9.17, 15) is 5.11 Å². The van der Waals surface area contributed by atoms with Crippen molar-refractivity contribution >= 4 is 29.0 Å². The molecule has 0 rings (SSSR count). The SMILES string of the molecule is CCCCCCCCCCCCSC(CCC)C(O)=S. The third-order valence-electron chi connectivity index (χ3n) is 3.64. The lowest BCUT2D eigenvalue weighted by atomic mass is 10.1. The zero-order chi connectivity index (χ0) is 15.1. The van der Waals surface area contributed by atoms with Gasteiger partial charge in [-0.25, -0.2) is 0 Å². The molecule has 0 spiro atoms. The molecule has 0 aromatic carbocycles. The lowest BCUT2D eigenvalue weighted by Crippen LogP contribution is -2.14. The topological polar surface area (TPSA) is 20.2 Å². The number of aliphatic hydroxyl groups excluding tert-OH is 1. The van der Waals surface area contributed by atoms with Crippen LogP contribution in [0.3, 0.4) is 0 Å². The number of hydrogen-bond acceptors (Lipinski definition) is 2. The summed E-state index contributed by atoms with van der Waals surface area (Å²) in [6, 6.07) is 0. The van der Waals surface area contributed by atoms with E-state index in [0.29, 0.717) is 0 Å². The first-order valence-electron chi connectivity index (χ1n) is 8.56. The first kappa shape index (κ1) is 20.2. The largest absolute Gasteiger partial charge is 0.501 e. The summed E-state index contributed by atoms with van der Waals surface area (Å²) in [5.41, 5.74) is 0. The van der Waals surface area contributed by atoms with E-state index in [-0.39, 0.29) is 10.3 Å². The molecule has 0 radical (unpaired) electrons. The van der Waals surface area contributed by atoms with E-state index < -0.39 is 0 Å². The zero-order valence-corrected chi connectivity index (χ0v) is 15.2. The molecule has 0 bridgehead atoms. The van der Waals surface area contributed by atoms with E-state index in [1.54, 1.807) is 0 Å². The molecule has 0 aliphatic carbocycles. The Kier molecular flexibility index (Phi) is 15.8. The number of thiocarbonyl (C=S) groups is 1. The highest BCUT2D eigenvalue weighted by Gasteiger charge is 2.12. The molecular formula is C17H34OS2. The van der Waals surface area contributed by atoms with Crippen LogP contribution in [-0.2, 0) is 0 Å². The average Bonchev–Trinajstić information content (AvgIpc) is 2.43. The highest BCUT2D eigenvalue weighted by atomic mass is 32.2. The van der Waals surface area contributed by atoms with Gasteiger partial charge in [0.2, 0.25) is 0 Å². The number of rotatable bonds is 15. The smallest absolute Gasteiger partial charge is 0.169 e. The lowest BCUT2D eigenvalue weighted by molar-refractivity contribution is 0.545. The second-order valence-corrected chi connectivity index (χ2v) is 7.40. The lowest BCUT2D eigenvalue weighted by Gasteiger charge is -2.12. The summed E-state index contributed by atoms with van der Waals surface area (Å²) in [6.07, 6.45) is 15.9. The molecule has 0 heterocycles. The molecule has 1 N–H and O–H groups in total. The van der Waals surface area contributed by atoms with Crippen molar-refractivity contribution in [2.24, 2.45) is 0 Å². The molecule has 0 aromatic rings. The first-order chi connectivity index (χ1) is 9.72. The van der Waals surface area contributed by atoms with Crippen molar-refractivity contribution in [3.63, 3.8) is 0 Å². The number of unbranched alkanes of at least 4 members (excludes halogenated alkanes) is 9. The molecule has 0 saturated heterocycles. The van der Waals surface area contributed by atoms with E-state index in [2.05, 4.69) is 13.8 Å². The predicted octanol–water partition coefficient (Wildman–Crippen LogP) is 6.69. The number of aliphatic hydroxyl groups is 1. The molecule has 0 aliphatic rings. The third kappa shape index (κ3) is 13.2. The van der Waals surface area contributed by atoms with Gasteiger partial charge in [-0.15, -0.1) is 11.8 Å². The Hall–Kier alpha value is 0.240. The van der Waals surface area contributed by atoms with Crippen LogP contribution < -0.4 is 0 Å². The summed E-state index contributed by atoms with van der Waals surface area (Å²) in [7, 11) is 0. The molecule has 0 amide bonds. The van der Waals surface area contributed by atoms with Crippen LogP contribution in [0.4, 0.5) is 0 Å². The minimum Gasteiger partial charge on any atom is -0.501 e. The zero-order valence-electron chi connectivity index (χ0n) is 13.5. The molecule has 0 aliphatic heterocycles. The second kappa shape index (κ2) is 15.6. The molecule has 3 heteroatoms. The van der Waals surface area contributed by atoms with E-state index >= 15 is 0 Å². The molecule has 20 heavy (non-hydrogen) atoms. The van der Waals surface area contributed by atoms with Gasteiger partial charge in [-0.3, -0.25) is 0 Å². The van der Waals surface area contributed by atoms with Gasteiger partial charge >= 0.3 is 0 Å². The van der Waals surface area contributed by atoms with E-state index in [1.165, 1.54) is 64.2 Å². The van der Waals surface area contributed by atoms with Crippen LogP contribution in [-0.4, -0.2) is 21.2 Å². The fourth-order valence-electron chi connectivity index (χ4n) is 2.36. The first-order valence-corrected chi connectivity index (χ1v) is 10.0. The van der Waals surface area contributed by atoms with Crippen LogP contribution in [0.5, 0.6) is 0 Å². The Morgan fingerprint density at radius 1 is 0.850 bits per heavy atom. The standard InChI is InChI=1S/C17H34OS2/c1-3-5-6-7-8-9-10-11-12-13-15-20-16(14-4-2)17(18)19/h16H,3-15H2,1-2H3,(H,18,19). The Balaban J connectivity index is 3.25. The minimum absolute atomic E-state index is 0.188. The summed E-state index contributed by atoms with van der Waals surface area (Å²) in [4.78, 5) is 0. The van der Waals surface area contributed by atoms with Crippen LogP contribution >= 0.6 is 24.0 Å². The average molecular weight is 319 g/mol. The van der Waals surface area contributed by atoms with Gasteiger partial charge in [0.1, 0.15) is 0 Å². The third-order valence-corrected chi connectivity index (χ3v) is 5.46. The molecule has 1 unspecified atom stereocenters. The Morgan fingerprint density at radius 3 is 1.80 bits per heavy atom. The fraction of sp³-hybridized carbons (Fsp3) is 0.941. The fourth-order valence-corrected chi connectivity index (χ4v) is 3.88. The molecule has 120 valence electrons. The minimum atomic E-state index is 0.188. The molecule has 0 saturated carbocycles. The van der Waals surface area contributed by atoms with Crippen molar-refractivity contribution in [2.75, 3.05) is 5.75 Å². The molecular weight excluding hydrogens is 284 g/mol. The van der Waals surface area contributed by atoms with Gasteiger partial charge in [0.05, 0.1) is 5.25 Å². The highest BCUT2D eigenvalue weighted by molar-refractivity contribution is 8.01. The van der Waals surface area contributed by atoms with E-state index in [1.807, 2.05) is 11.8 Å². The highest BCUT2D eigenvalue weighted by Crippen LogP contribution is 2.20. The Labute approximate surface area is 136 Å². The van der Waals surface area contributed by atoms with Crippen molar-refractivity contribution in [3.8, 4) is 0 Å². The summed E-state index contributed by atoms with van der Waals surface area (Å²) in [5, 5.41) is 9.80. The van der Waals surface area contributed by atoms with Crippen molar-refractivity contribution in [1.29, 1.82) is 0 Å². The van der Waals surface area contributed by atoms with Gasteiger partial charge in [-0.05, 0) is 30.8 Å². The quantitative estimate of drug-likeness (QED) is 0.268. The molecule has 0 fully saturated rings. The molecule has 1 nitrogen and oxygen atoms in total. The molecule has 1 atom stereocenters. The molecule has 0 aromatic heterocycles. The van der Waals surface area contributed by atoms with Gasteiger partial charge in [0.15, 0.2) is 5.05 Å². The predicted molar refractivity (Wildman–Crippen MR) is 98.2 cm³/mol. The van der Waals surface area contributed by atoms with E-state index in [4.69, 9.17) is 12.2 Å². The van der Waals surface area contributed by atoms with Crippen LogP contribution in [0.25, 0.3) is 0 Å². The van der Waals surface area contributed by atoms with Crippen molar-refractivity contribution < 1.29 is 5.11 Å². The van der Waals surface area contributed by atoms with Gasteiger partial charge in [0.25, 0.3) is 0 Å². The van der Waals surface area contributed by atoms with Crippen LogP contribution in [0.15, 0.2) is 0 Å². The van der Waals surface area contributed by atoms with Crippen LogP contribution in [0.1, 0.15) is 90.9 Å². The summed E-state index contributed by atoms with van der Waals surface area (Å²) >= 11 is 6.74. The van der Waals surface area contributed by atoms with Gasteiger partial charge in [-0.1, -0.05) is 78.1 Å². The maximum absolute atomic E-state index is 9.42. The van der Waals surface area contributed by atoms with Crippen molar-refractivity contribution in [3.05, 3.63) is 0 Å². The van der Waals surface area contributed by atoms with Crippen LogP contribution in [0.2, 0.25) is 0 Å². The Morgan fingerprint density at radius 2 is 1.35 bits per heavy atom. The van der Waals surface area contributed by atoms with Gasteiger partial charge < -0.3 is 5.11 Å². The second-order valence-electron chi connectivity index (χ2n) is 5.67. The number of hydrogen-bond donors (Lipinski definition) is 1. The normalized spacial score (nSPS) is 12.5. The summed E-state index contributed by atoms with van der Waals surface area (Å²) < 4.78 is 0.